The second kappa shape index (κ2) is 10.5. The SMILES string of the molecule is C=C(COC)SCCCCCCS. The van der Waals surface area contributed by atoms with Crippen LogP contribution < -0.4 is 0 Å². The maximum absolute atomic E-state index is 4.97. The third-order valence-corrected chi connectivity index (χ3v) is 3.00. The van der Waals surface area contributed by atoms with E-state index in [2.05, 4.69) is 19.2 Å². The fourth-order valence-electron chi connectivity index (χ4n) is 0.987. The molecular weight excluding hydrogens is 200 g/mol. The summed E-state index contributed by atoms with van der Waals surface area (Å²) in [6, 6.07) is 0. The van der Waals surface area contributed by atoms with Gasteiger partial charge in [-0.2, -0.15) is 12.6 Å². The molecule has 0 rings (SSSR count). The van der Waals surface area contributed by atoms with Crippen LogP contribution in [0.25, 0.3) is 0 Å². The summed E-state index contributed by atoms with van der Waals surface area (Å²) in [5.74, 6) is 2.19. The molecule has 0 radical (unpaired) electrons. The minimum absolute atomic E-state index is 0.682. The molecule has 0 aromatic carbocycles. The summed E-state index contributed by atoms with van der Waals surface area (Å²) < 4.78 is 4.97. The van der Waals surface area contributed by atoms with Crippen molar-refractivity contribution in [2.45, 2.75) is 25.7 Å². The van der Waals surface area contributed by atoms with E-state index < -0.39 is 0 Å². The molecule has 0 aliphatic rings. The molecule has 13 heavy (non-hydrogen) atoms. The Hall–Kier alpha value is 0.400. The van der Waals surface area contributed by atoms with Gasteiger partial charge in [-0.25, -0.2) is 0 Å². The van der Waals surface area contributed by atoms with E-state index in [4.69, 9.17) is 4.74 Å². The minimum atomic E-state index is 0.682. The first-order valence-electron chi connectivity index (χ1n) is 4.71. The third kappa shape index (κ3) is 10.3. The van der Waals surface area contributed by atoms with Crippen LogP contribution in [0, 0.1) is 0 Å². The molecule has 0 saturated carbocycles. The first-order chi connectivity index (χ1) is 6.31. The maximum Gasteiger partial charge on any atom is 0.0765 e. The van der Waals surface area contributed by atoms with Gasteiger partial charge in [0.2, 0.25) is 0 Å². The van der Waals surface area contributed by atoms with Crippen molar-refractivity contribution in [3.63, 3.8) is 0 Å². The number of thioether (sulfide) groups is 1. The fraction of sp³-hybridized carbons (Fsp3) is 0.800. The van der Waals surface area contributed by atoms with E-state index >= 15 is 0 Å². The summed E-state index contributed by atoms with van der Waals surface area (Å²) >= 11 is 5.99. The highest BCUT2D eigenvalue weighted by Gasteiger charge is 1.94. The van der Waals surface area contributed by atoms with E-state index in [-0.39, 0.29) is 0 Å². The van der Waals surface area contributed by atoms with Gasteiger partial charge in [-0.3, -0.25) is 0 Å². The zero-order chi connectivity index (χ0) is 9.94. The maximum atomic E-state index is 4.97. The van der Waals surface area contributed by atoms with Crippen molar-refractivity contribution in [2.75, 3.05) is 25.2 Å². The summed E-state index contributed by atoms with van der Waals surface area (Å²) in [6.07, 6.45) is 5.14. The van der Waals surface area contributed by atoms with Crippen molar-refractivity contribution < 1.29 is 4.74 Å². The number of ether oxygens (including phenoxy) is 1. The molecule has 0 aliphatic heterocycles. The molecule has 1 nitrogen and oxygen atoms in total. The van der Waals surface area contributed by atoms with Crippen LogP contribution in [0.2, 0.25) is 0 Å². The van der Waals surface area contributed by atoms with E-state index in [1.807, 2.05) is 11.8 Å². The quantitative estimate of drug-likeness (QED) is 0.471. The predicted octanol–water partition coefficient (Wildman–Crippen LogP) is 3.37. The molecule has 0 saturated heterocycles. The predicted molar refractivity (Wildman–Crippen MR) is 65.8 cm³/mol. The van der Waals surface area contributed by atoms with E-state index in [9.17, 15) is 0 Å². The zero-order valence-electron chi connectivity index (χ0n) is 8.42. The van der Waals surface area contributed by atoms with Gasteiger partial charge in [-0.15, -0.1) is 11.8 Å². The molecular formula is C10H20OS2. The molecule has 0 N–H and O–H groups in total. The Kier molecular flexibility index (Phi) is 10.8. The average molecular weight is 220 g/mol. The first-order valence-corrected chi connectivity index (χ1v) is 6.33. The van der Waals surface area contributed by atoms with Crippen LogP contribution in [0.4, 0.5) is 0 Å². The van der Waals surface area contributed by atoms with Gasteiger partial charge in [0.05, 0.1) is 6.61 Å². The molecule has 0 amide bonds. The summed E-state index contributed by atoms with van der Waals surface area (Å²) in [5, 5.41) is 0. The Morgan fingerprint density at radius 1 is 1.31 bits per heavy atom. The number of methoxy groups -OCH3 is 1. The number of hydrogen-bond donors (Lipinski definition) is 1. The number of unbranched alkanes of at least 4 members (excludes halogenated alkanes) is 3. The molecule has 0 aliphatic carbocycles. The Morgan fingerprint density at radius 3 is 2.62 bits per heavy atom. The van der Waals surface area contributed by atoms with Crippen LogP contribution in [-0.2, 0) is 4.74 Å². The third-order valence-electron chi connectivity index (χ3n) is 1.66. The van der Waals surface area contributed by atoms with E-state index in [1.165, 1.54) is 31.4 Å². The first kappa shape index (κ1) is 13.4. The molecule has 78 valence electrons. The molecule has 0 aromatic heterocycles. The van der Waals surface area contributed by atoms with Gasteiger partial charge < -0.3 is 4.74 Å². The van der Waals surface area contributed by atoms with Crippen LogP contribution in [0.15, 0.2) is 11.5 Å². The smallest absolute Gasteiger partial charge is 0.0765 e. The van der Waals surface area contributed by atoms with Gasteiger partial charge >= 0.3 is 0 Å². The lowest BCUT2D eigenvalue weighted by molar-refractivity contribution is 0.232. The molecule has 0 aromatic rings. The highest BCUT2D eigenvalue weighted by molar-refractivity contribution is 8.03. The molecule has 0 spiro atoms. The molecule has 0 fully saturated rings. The summed E-state index contributed by atoms with van der Waals surface area (Å²) in [6.45, 7) is 4.59. The van der Waals surface area contributed by atoms with E-state index in [1.54, 1.807) is 7.11 Å². The van der Waals surface area contributed by atoms with Gasteiger partial charge in [0.15, 0.2) is 0 Å². The molecule has 0 heterocycles. The van der Waals surface area contributed by atoms with E-state index in [0.29, 0.717) is 6.61 Å². The lowest BCUT2D eigenvalue weighted by atomic mass is 10.2. The summed E-state index contributed by atoms with van der Waals surface area (Å²) in [7, 11) is 1.71. The van der Waals surface area contributed by atoms with Gasteiger partial charge in [0.1, 0.15) is 0 Å². The van der Waals surface area contributed by atoms with Gasteiger partial charge in [0.25, 0.3) is 0 Å². The Labute approximate surface area is 91.7 Å². The van der Waals surface area contributed by atoms with Crippen molar-refractivity contribution in [2.24, 2.45) is 0 Å². The van der Waals surface area contributed by atoms with Crippen molar-refractivity contribution in [1.82, 2.24) is 0 Å². The monoisotopic (exact) mass is 220 g/mol. The van der Waals surface area contributed by atoms with Crippen LogP contribution in [0.5, 0.6) is 0 Å². The highest BCUT2D eigenvalue weighted by atomic mass is 32.2. The minimum Gasteiger partial charge on any atom is -0.379 e. The molecule has 0 atom stereocenters. The summed E-state index contributed by atoms with van der Waals surface area (Å²) in [4.78, 5) is 1.14. The van der Waals surface area contributed by atoms with Gasteiger partial charge in [0, 0.05) is 12.0 Å². The lowest BCUT2D eigenvalue weighted by Crippen LogP contribution is -1.90. The second-order valence-electron chi connectivity index (χ2n) is 2.96. The number of rotatable bonds is 9. The topological polar surface area (TPSA) is 9.23 Å². The largest absolute Gasteiger partial charge is 0.379 e. The van der Waals surface area contributed by atoms with E-state index in [0.717, 1.165) is 10.7 Å². The van der Waals surface area contributed by atoms with Gasteiger partial charge in [-0.1, -0.05) is 19.4 Å². The van der Waals surface area contributed by atoms with Gasteiger partial charge in [-0.05, 0) is 24.3 Å². The van der Waals surface area contributed by atoms with Crippen LogP contribution in [0.1, 0.15) is 25.7 Å². The molecule has 0 bridgehead atoms. The molecule has 3 heteroatoms. The zero-order valence-corrected chi connectivity index (χ0v) is 10.1. The second-order valence-corrected chi connectivity index (χ2v) is 4.68. The lowest BCUT2D eigenvalue weighted by Gasteiger charge is -2.03. The van der Waals surface area contributed by atoms with Crippen molar-refractivity contribution >= 4 is 24.4 Å². The fourth-order valence-corrected chi connectivity index (χ4v) is 2.05. The Bertz CT molecular complexity index is 126. The normalized spacial score (nSPS) is 10.3. The number of thiol groups is 1. The van der Waals surface area contributed by atoms with Crippen molar-refractivity contribution in [1.29, 1.82) is 0 Å². The highest BCUT2D eigenvalue weighted by Crippen LogP contribution is 2.16. The standard InChI is InChI=1S/C10H20OS2/c1-10(9-11-2)13-8-6-4-3-5-7-12/h12H,1,3-9H2,2H3. The van der Waals surface area contributed by atoms with Crippen LogP contribution in [0.3, 0.4) is 0 Å². The van der Waals surface area contributed by atoms with Crippen LogP contribution in [-0.4, -0.2) is 25.2 Å². The van der Waals surface area contributed by atoms with Crippen LogP contribution >= 0.6 is 24.4 Å². The average Bonchev–Trinajstić information content (AvgIpc) is 2.11. The number of hydrogen-bond acceptors (Lipinski definition) is 3. The van der Waals surface area contributed by atoms with Crippen molar-refractivity contribution in [3.8, 4) is 0 Å². The Balaban J connectivity index is 3.02. The Morgan fingerprint density at radius 2 is 2.00 bits per heavy atom. The molecule has 0 unspecified atom stereocenters. The summed E-state index contributed by atoms with van der Waals surface area (Å²) in [5.41, 5.74) is 0. The van der Waals surface area contributed by atoms with Crippen molar-refractivity contribution in [3.05, 3.63) is 11.5 Å².